The average molecular weight is 777 g/mol. The molecule has 10 rings (SSSR count). The second kappa shape index (κ2) is 15.5. The summed E-state index contributed by atoms with van der Waals surface area (Å²) in [5.41, 5.74) is 17.9. The fraction of sp³-hybridized carbons (Fsp3) is 0.172. The predicted molar refractivity (Wildman–Crippen MR) is 259 cm³/mol. The van der Waals surface area contributed by atoms with E-state index < -0.39 is 0 Å². The van der Waals surface area contributed by atoms with Crippen molar-refractivity contribution in [2.45, 2.75) is 59.3 Å². The highest BCUT2D eigenvalue weighted by Gasteiger charge is 2.28. The van der Waals surface area contributed by atoms with Gasteiger partial charge in [-0.05, 0) is 151 Å². The van der Waals surface area contributed by atoms with Crippen LogP contribution in [0.1, 0.15) is 80.7 Å². The highest BCUT2D eigenvalue weighted by atomic mass is 15.1. The summed E-state index contributed by atoms with van der Waals surface area (Å²) >= 11 is 0. The zero-order valence-corrected chi connectivity index (χ0v) is 35.3. The topological polar surface area (TPSA) is 6.48 Å². The number of nitrogens with zero attached hydrogens (tertiary/aromatic N) is 2. The summed E-state index contributed by atoms with van der Waals surface area (Å²) in [4.78, 5) is 4.93. The van der Waals surface area contributed by atoms with Crippen molar-refractivity contribution in [3.8, 4) is 11.1 Å². The minimum absolute atomic E-state index is 0.231. The predicted octanol–water partition coefficient (Wildman–Crippen LogP) is 15.7. The van der Waals surface area contributed by atoms with Crippen LogP contribution in [-0.2, 0) is 6.42 Å². The van der Waals surface area contributed by atoms with E-state index in [9.17, 15) is 0 Å². The Hall–Kier alpha value is -6.64. The molecular weight excluding hydrogens is 725 g/mol. The molecule has 0 heterocycles. The van der Waals surface area contributed by atoms with Gasteiger partial charge in [-0.25, -0.2) is 0 Å². The molecule has 294 valence electrons. The van der Waals surface area contributed by atoms with Crippen molar-refractivity contribution >= 4 is 67.7 Å². The maximum atomic E-state index is 4.78. The Morgan fingerprint density at radius 2 is 1.32 bits per heavy atom. The SMILES string of the molecule is C=c1ccc2c(C(C)C)cc(N(c3ccccc3)c3cccc4c3Cc3ccccc3-4)c3ccc(/C(=C\N(c4ccccc4)c4cccc(C5=CCCC5)c4)C(C)C)c1c23. The van der Waals surface area contributed by atoms with Crippen LogP contribution < -0.4 is 15.0 Å². The van der Waals surface area contributed by atoms with E-state index in [4.69, 9.17) is 6.58 Å². The highest BCUT2D eigenvalue weighted by molar-refractivity contribution is 6.20. The zero-order chi connectivity index (χ0) is 40.9. The first-order valence-electron chi connectivity index (χ1n) is 21.8. The molecule has 0 aliphatic heterocycles. The Balaban J connectivity index is 1.22. The first kappa shape index (κ1) is 37.6. The lowest BCUT2D eigenvalue weighted by Gasteiger charge is -2.31. The van der Waals surface area contributed by atoms with E-state index in [-0.39, 0.29) is 5.92 Å². The van der Waals surface area contributed by atoms with E-state index in [1.165, 1.54) is 95.1 Å². The smallest absolute Gasteiger partial charge is 0.0543 e. The van der Waals surface area contributed by atoms with Gasteiger partial charge < -0.3 is 9.80 Å². The van der Waals surface area contributed by atoms with Crippen LogP contribution in [0.25, 0.3) is 50.4 Å². The number of benzene rings is 8. The van der Waals surface area contributed by atoms with Crippen LogP contribution in [0.2, 0.25) is 0 Å². The van der Waals surface area contributed by atoms with Gasteiger partial charge in [0.25, 0.3) is 0 Å². The average Bonchev–Trinajstić information content (AvgIpc) is 3.96. The Labute approximate surface area is 355 Å². The molecule has 0 unspecified atom stereocenters. The standard InChI is InChI=1S/C58H52N2/c1-38(2)52-36-56(60(45-24-10-7-11-25-45)55-29-17-28-48-47-27-15-14-20-43(47)35-53(48)55)51-33-32-50(57-40(5)30-31-49(52)58(51)57)54(39(3)4)37-59(44-22-8-6-9-23-44)46-26-16-21-42(34-46)41-18-12-13-19-41/h6-11,14-18,20-34,36-39H,5,12-13,19,35H2,1-4H3/b54-37-. The van der Waals surface area contributed by atoms with E-state index in [0.29, 0.717) is 5.92 Å². The summed E-state index contributed by atoms with van der Waals surface area (Å²) < 4.78 is 0. The molecule has 2 nitrogen and oxygen atoms in total. The summed E-state index contributed by atoms with van der Waals surface area (Å²) in [5, 5.41) is 6.09. The van der Waals surface area contributed by atoms with Gasteiger partial charge in [-0.1, -0.05) is 150 Å². The van der Waals surface area contributed by atoms with Crippen molar-refractivity contribution in [3.63, 3.8) is 0 Å². The summed E-state index contributed by atoms with van der Waals surface area (Å²) in [6, 6.07) is 58.5. The summed E-state index contributed by atoms with van der Waals surface area (Å²) in [6.07, 6.45) is 9.27. The molecule has 0 saturated carbocycles. The third kappa shape index (κ3) is 6.52. The molecule has 8 aromatic rings. The molecule has 0 N–H and O–H groups in total. The molecule has 0 bridgehead atoms. The molecule has 0 saturated heterocycles. The van der Waals surface area contributed by atoms with E-state index in [1.807, 2.05) is 0 Å². The van der Waals surface area contributed by atoms with Crippen LogP contribution in [-0.4, -0.2) is 0 Å². The van der Waals surface area contributed by atoms with Gasteiger partial charge in [0.05, 0.1) is 11.4 Å². The molecule has 0 spiro atoms. The number of rotatable bonds is 10. The number of para-hydroxylation sites is 2. The molecule has 0 atom stereocenters. The molecule has 0 radical (unpaired) electrons. The maximum absolute atomic E-state index is 4.78. The van der Waals surface area contributed by atoms with Gasteiger partial charge in [0.1, 0.15) is 0 Å². The number of hydrogen-bond acceptors (Lipinski definition) is 2. The van der Waals surface area contributed by atoms with Crippen LogP contribution in [0.3, 0.4) is 0 Å². The first-order valence-corrected chi connectivity index (χ1v) is 21.8. The van der Waals surface area contributed by atoms with Crippen LogP contribution in [0, 0.1) is 5.92 Å². The lowest BCUT2D eigenvalue weighted by atomic mass is 9.84. The maximum Gasteiger partial charge on any atom is 0.0543 e. The lowest BCUT2D eigenvalue weighted by molar-refractivity contribution is 0.853. The fourth-order valence-electron chi connectivity index (χ4n) is 9.91. The Kier molecular flexibility index (Phi) is 9.73. The van der Waals surface area contributed by atoms with Gasteiger partial charge in [0.2, 0.25) is 0 Å². The molecule has 60 heavy (non-hydrogen) atoms. The minimum atomic E-state index is 0.231. The van der Waals surface area contributed by atoms with Gasteiger partial charge in [-0.2, -0.15) is 0 Å². The number of hydrogen-bond donors (Lipinski definition) is 0. The normalized spacial score (nSPS) is 13.6. The minimum Gasteiger partial charge on any atom is -0.317 e. The fourth-order valence-corrected chi connectivity index (χ4v) is 9.91. The summed E-state index contributed by atoms with van der Waals surface area (Å²) in [6.45, 7) is 14.1. The van der Waals surface area contributed by atoms with Gasteiger partial charge >= 0.3 is 0 Å². The van der Waals surface area contributed by atoms with Gasteiger partial charge in [-0.3, -0.25) is 0 Å². The largest absolute Gasteiger partial charge is 0.317 e. The van der Waals surface area contributed by atoms with Gasteiger partial charge in [-0.15, -0.1) is 0 Å². The van der Waals surface area contributed by atoms with E-state index in [0.717, 1.165) is 35.9 Å². The third-order valence-electron chi connectivity index (χ3n) is 12.8. The number of fused-ring (bicyclic) bond motifs is 3. The van der Waals surface area contributed by atoms with Crippen molar-refractivity contribution in [1.29, 1.82) is 0 Å². The van der Waals surface area contributed by atoms with Crippen molar-refractivity contribution in [1.82, 2.24) is 0 Å². The van der Waals surface area contributed by atoms with Crippen molar-refractivity contribution < 1.29 is 0 Å². The Morgan fingerprint density at radius 1 is 0.617 bits per heavy atom. The molecule has 2 aliphatic rings. The lowest BCUT2D eigenvalue weighted by Crippen LogP contribution is -2.15. The summed E-state index contributed by atoms with van der Waals surface area (Å²) in [5.74, 6) is 0.532. The van der Waals surface area contributed by atoms with Crippen LogP contribution in [0.5, 0.6) is 0 Å². The number of anilines is 5. The third-order valence-corrected chi connectivity index (χ3v) is 12.8. The number of allylic oxidation sites excluding steroid dienone is 3. The molecule has 2 heteroatoms. The Morgan fingerprint density at radius 3 is 2.07 bits per heavy atom. The second-order valence-electron chi connectivity index (χ2n) is 17.2. The first-order chi connectivity index (χ1) is 29.4. The van der Waals surface area contributed by atoms with Crippen LogP contribution >= 0.6 is 0 Å². The van der Waals surface area contributed by atoms with E-state index in [1.54, 1.807) is 0 Å². The van der Waals surface area contributed by atoms with Crippen molar-refractivity contribution in [2.24, 2.45) is 5.92 Å². The van der Waals surface area contributed by atoms with Crippen LogP contribution in [0.4, 0.5) is 28.4 Å². The second-order valence-corrected chi connectivity index (χ2v) is 17.2. The molecule has 8 aromatic carbocycles. The molecule has 0 fully saturated rings. The molecule has 0 aromatic heterocycles. The molecular formula is C58H52N2. The molecule has 0 amide bonds. The monoisotopic (exact) mass is 776 g/mol. The van der Waals surface area contributed by atoms with E-state index in [2.05, 4.69) is 207 Å². The van der Waals surface area contributed by atoms with Crippen molar-refractivity contribution in [3.05, 3.63) is 203 Å². The van der Waals surface area contributed by atoms with E-state index >= 15 is 0 Å². The summed E-state index contributed by atoms with van der Waals surface area (Å²) in [7, 11) is 0. The van der Waals surface area contributed by atoms with Gasteiger partial charge in [0, 0.05) is 35.1 Å². The molecule has 2 aliphatic carbocycles. The van der Waals surface area contributed by atoms with Crippen molar-refractivity contribution in [2.75, 3.05) is 9.80 Å². The zero-order valence-electron chi connectivity index (χ0n) is 35.3. The van der Waals surface area contributed by atoms with Crippen LogP contribution in [0.15, 0.2) is 170 Å². The highest BCUT2D eigenvalue weighted by Crippen LogP contribution is 2.50. The van der Waals surface area contributed by atoms with Gasteiger partial charge in [0.15, 0.2) is 0 Å². The quantitative estimate of drug-likeness (QED) is 0.136. The Bertz CT molecular complexity index is 3010.